The first kappa shape index (κ1) is 15.1. The van der Waals surface area contributed by atoms with E-state index in [2.05, 4.69) is 4.98 Å². The maximum absolute atomic E-state index is 12.4. The smallest absolute Gasteiger partial charge is 0.305 e. The highest BCUT2D eigenvalue weighted by atomic mass is 16.4. The van der Waals surface area contributed by atoms with Gasteiger partial charge < -0.3 is 15.0 Å². The van der Waals surface area contributed by atoms with Gasteiger partial charge in [-0.05, 0) is 25.5 Å². The summed E-state index contributed by atoms with van der Waals surface area (Å²) in [6, 6.07) is 7.81. The number of nitrogens with zero attached hydrogens (tertiary/aromatic N) is 1. The van der Waals surface area contributed by atoms with Gasteiger partial charge in [-0.2, -0.15) is 0 Å². The average Bonchev–Trinajstić information content (AvgIpc) is 2.82. The van der Waals surface area contributed by atoms with Gasteiger partial charge in [-0.3, -0.25) is 9.59 Å². The zero-order chi connectivity index (χ0) is 15.4. The van der Waals surface area contributed by atoms with Crippen molar-refractivity contribution in [3.63, 3.8) is 0 Å². The SMILES string of the molecule is CC(C)N(CCC(=O)O)C(=O)Cc1c[nH]c2ccccc12. The number of carboxylic acid groups (broad SMARTS) is 1. The molecule has 0 fully saturated rings. The van der Waals surface area contributed by atoms with Crippen LogP contribution in [0.3, 0.4) is 0 Å². The van der Waals surface area contributed by atoms with E-state index in [1.165, 1.54) is 0 Å². The number of aliphatic carboxylic acids is 1. The lowest BCUT2D eigenvalue weighted by Crippen LogP contribution is -2.39. The standard InChI is InChI=1S/C16H20N2O3/c1-11(2)18(8-7-16(20)21)15(19)9-12-10-17-14-6-4-3-5-13(12)14/h3-6,10-11,17H,7-9H2,1-2H3,(H,20,21). The molecule has 0 saturated carbocycles. The van der Waals surface area contributed by atoms with E-state index in [1.807, 2.05) is 44.3 Å². The number of fused-ring (bicyclic) bond motifs is 1. The van der Waals surface area contributed by atoms with Gasteiger partial charge in [0.25, 0.3) is 0 Å². The monoisotopic (exact) mass is 288 g/mol. The van der Waals surface area contributed by atoms with E-state index in [1.54, 1.807) is 4.90 Å². The van der Waals surface area contributed by atoms with Crippen LogP contribution >= 0.6 is 0 Å². The van der Waals surface area contributed by atoms with Crippen molar-refractivity contribution >= 4 is 22.8 Å². The molecule has 0 unspecified atom stereocenters. The number of para-hydroxylation sites is 1. The van der Waals surface area contributed by atoms with Gasteiger partial charge in [0.1, 0.15) is 0 Å². The lowest BCUT2D eigenvalue weighted by molar-refractivity contribution is -0.139. The number of carbonyl (C=O) groups is 2. The number of carbonyl (C=O) groups excluding carboxylic acids is 1. The third kappa shape index (κ3) is 3.62. The number of aromatic nitrogens is 1. The number of aromatic amines is 1. The highest BCUT2D eigenvalue weighted by molar-refractivity contribution is 5.89. The van der Waals surface area contributed by atoms with Crippen molar-refractivity contribution in [2.75, 3.05) is 6.54 Å². The number of rotatable bonds is 6. The summed E-state index contributed by atoms with van der Waals surface area (Å²) in [5.41, 5.74) is 1.94. The summed E-state index contributed by atoms with van der Waals surface area (Å²) >= 11 is 0. The Hall–Kier alpha value is -2.30. The maximum Gasteiger partial charge on any atom is 0.305 e. The maximum atomic E-state index is 12.4. The number of carboxylic acids is 1. The fraction of sp³-hybridized carbons (Fsp3) is 0.375. The van der Waals surface area contributed by atoms with Crippen molar-refractivity contribution in [1.29, 1.82) is 0 Å². The summed E-state index contributed by atoms with van der Waals surface area (Å²) in [7, 11) is 0. The second kappa shape index (κ2) is 6.43. The normalized spacial score (nSPS) is 11.0. The van der Waals surface area contributed by atoms with Crippen molar-refractivity contribution in [3.05, 3.63) is 36.0 Å². The highest BCUT2D eigenvalue weighted by Gasteiger charge is 2.19. The molecule has 1 heterocycles. The Morgan fingerprint density at radius 3 is 2.67 bits per heavy atom. The van der Waals surface area contributed by atoms with Gasteiger partial charge in [0.05, 0.1) is 12.8 Å². The van der Waals surface area contributed by atoms with E-state index < -0.39 is 5.97 Å². The van der Waals surface area contributed by atoms with Crippen molar-refractivity contribution in [3.8, 4) is 0 Å². The van der Waals surface area contributed by atoms with Gasteiger partial charge in [0.2, 0.25) is 5.91 Å². The van der Waals surface area contributed by atoms with Crippen molar-refractivity contribution < 1.29 is 14.7 Å². The van der Waals surface area contributed by atoms with Gasteiger partial charge in [-0.25, -0.2) is 0 Å². The van der Waals surface area contributed by atoms with Gasteiger partial charge >= 0.3 is 5.97 Å². The van der Waals surface area contributed by atoms with Crippen LogP contribution in [-0.4, -0.2) is 39.5 Å². The molecule has 2 rings (SSSR count). The van der Waals surface area contributed by atoms with Gasteiger partial charge in [0.15, 0.2) is 0 Å². The molecule has 2 aromatic rings. The van der Waals surface area contributed by atoms with Crippen LogP contribution in [0.25, 0.3) is 10.9 Å². The molecular formula is C16H20N2O3. The predicted octanol–water partition coefficient (Wildman–Crippen LogP) is 2.42. The minimum absolute atomic E-state index is 0.0120. The largest absolute Gasteiger partial charge is 0.481 e. The first-order chi connectivity index (χ1) is 9.99. The molecule has 0 bridgehead atoms. The van der Waals surface area contributed by atoms with Crippen LogP contribution in [0.5, 0.6) is 0 Å². The van der Waals surface area contributed by atoms with E-state index in [0.717, 1.165) is 16.5 Å². The molecule has 1 aromatic heterocycles. The van der Waals surface area contributed by atoms with E-state index in [4.69, 9.17) is 5.11 Å². The summed E-state index contributed by atoms with van der Waals surface area (Å²) in [6.45, 7) is 4.04. The Bertz CT molecular complexity index is 646. The Morgan fingerprint density at radius 1 is 1.29 bits per heavy atom. The molecule has 0 aliphatic rings. The van der Waals surface area contributed by atoms with Crippen LogP contribution in [-0.2, 0) is 16.0 Å². The number of hydrogen-bond donors (Lipinski definition) is 2. The number of H-pyrrole nitrogens is 1. The predicted molar refractivity (Wildman–Crippen MR) is 81.1 cm³/mol. The van der Waals surface area contributed by atoms with Crippen molar-refractivity contribution in [1.82, 2.24) is 9.88 Å². The quantitative estimate of drug-likeness (QED) is 0.857. The second-order valence-corrected chi connectivity index (χ2v) is 5.36. The summed E-state index contributed by atoms with van der Waals surface area (Å²) in [4.78, 5) is 27.9. The Balaban J connectivity index is 2.12. The molecule has 2 N–H and O–H groups in total. The van der Waals surface area contributed by atoms with Crippen molar-refractivity contribution in [2.45, 2.75) is 32.7 Å². The summed E-state index contributed by atoms with van der Waals surface area (Å²) in [5, 5.41) is 9.82. The van der Waals surface area contributed by atoms with Gasteiger partial charge in [-0.1, -0.05) is 18.2 Å². The van der Waals surface area contributed by atoms with E-state index in [0.29, 0.717) is 0 Å². The van der Waals surface area contributed by atoms with Crippen LogP contribution in [0, 0.1) is 0 Å². The fourth-order valence-corrected chi connectivity index (χ4v) is 2.43. The molecule has 5 nitrogen and oxygen atoms in total. The van der Waals surface area contributed by atoms with Crippen LogP contribution < -0.4 is 0 Å². The van der Waals surface area contributed by atoms with E-state index in [-0.39, 0.29) is 31.3 Å². The molecule has 0 saturated heterocycles. The van der Waals surface area contributed by atoms with Crippen LogP contribution in [0.1, 0.15) is 25.8 Å². The zero-order valence-electron chi connectivity index (χ0n) is 12.3. The number of benzene rings is 1. The molecule has 1 aromatic carbocycles. The minimum Gasteiger partial charge on any atom is -0.481 e. The Labute approximate surface area is 123 Å². The van der Waals surface area contributed by atoms with E-state index in [9.17, 15) is 9.59 Å². The molecule has 0 atom stereocenters. The molecule has 0 radical (unpaired) electrons. The lowest BCUT2D eigenvalue weighted by Gasteiger charge is -2.26. The molecular weight excluding hydrogens is 268 g/mol. The number of hydrogen-bond acceptors (Lipinski definition) is 2. The average molecular weight is 288 g/mol. The van der Waals surface area contributed by atoms with Crippen LogP contribution in [0.4, 0.5) is 0 Å². The van der Waals surface area contributed by atoms with Crippen LogP contribution in [0.15, 0.2) is 30.5 Å². The van der Waals surface area contributed by atoms with Crippen LogP contribution in [0.2, 0.25) is 0 Å². The van der Waals surface area contributed by atoms with Crippen molar-refractivity contribution in [2.24, 2.45) is 0 Å². The van der Waals surface area contributed by atoms with Gasteiger partial charge in [0, 0.05) is 29.7 Å². The highest BCUT2D eigenvalue weighted by Crippen LogP contribution is 2.19. The molecule has 0 spiro atoms. The first-order valence-corrected chi connectivity index (χ1v) is 7.05. The Morgan fingerprint density at radius 2 is 2.00 bits per heavy atom. The second-order valence-electron chi connectivity index (χ2n) is 5.36. The first-order valence-electron chi connectivity index (χ1n) is 7.05. The lowest BCUT2D eigenvalue weighted by atomic mass is 10.1. The molecule has 21 heavy (non-hydrogen) atoms. The molecule has 5 heteroatoms. The van der Waals surface area contributed by atoms with E-state index >= 15 is 0 Å². The third-order valence-electron chi connectivity index (χ3n) is 3.53. The summed E-state index contributed by atoms with van der Waals surface area (Å²) < 4.78 is 0. The molecule has 1 amide bonds. The topological polar surface area (TPSA) is 73.4 Å². The number of amides is 1. The number of nitrogens with one attached hydrogen (secondary N) is 1. The summed E-state index contributed by atoms with van der Waals surface area (Å²) in [5.74, 6) is -0.934. The molecule has 0 aliphatic carbocycles. The third-order valence-corrected chi connectivity index (χ3v) is 3.53. The fourth-order valence-electron chi connectivity index (χ4n) is 2.43. The zero-order valence-corrected chi connectivity index (χ0v) is 12.3. The molecule has 0 aliphatic heterocycles. The molecule has 112 valence electrons. The minimum atomic E-state index is -0.888. The Kier molecular flexibility index (Phi) is 4.62. The summed E-state index contributed by atoms with van der Waals surface area (Å²) in [6.07, 6.45) is 2.10. The van der Waals surface area contributed by atoms with Gasteiger partial charge in [-0.15, -0.1) is 0 Å².